The molecule has 1 aliphatic heterocycles. The topological polar surface area (TPSA) is 147 Å². The van der Waals surface area contributed by atoms with Gasteiger partial charge in [-0.05, 0) is 16.7 Å². The summed E-state index contributed by atoms with van der Waals surface area (Å²) >= 11 is 0. The van der Waals surface area contributed by atoms with E-state index in [1.54, 1.807) is 0 Å². The standard InChI is InChI=1S/C32H38O10/c33-24-25(34)27(36)30(28(37)26(24)35)42-32-31(40-18-22-14-8-3-9-15-22)29(39-17-21-12-6-2-7-13-21)23(19-41-32)38-16-20-10-4-1-5-11-20/h1-15,23-37H,16-19H2/t23-,24?,25-,26+,27+,28-,29-,30?,31+,32+/m0/s1. The third-order valence-electron chi connectivity index (χ3n) is 7.62. The molecule has 1 saturated carbocycles. The van der Waals surface area contributed by atoms with E-state index in [4.69, 9.17) is 23.7 Å². The van der Waals surface area contributed by atoms with Crippen molar-refractivity contribution >= 4 is 0 Å². The van der Waals surface area contributed by atoms with E-state index in [0.29, 0.717) is 6.61 Å². The van der Waals surface area contributed by atoms with Crippen molar-refractivity contribution in [2.75, 3.05) is 6.61 Å². The molecule has 10 heteroatoms. The lowest BCUT2D eigenvalue weighted by molar-refractivity contribution is -0.336. The van der Waals surface area contributed by atoms with E-state index in [9.17, 15) is 25.5 Å². The van der Waals surface area contributed by atoms with E-state index in [-0.39, 0.29) is 19.8 Å². The Kier molecular flexibility index (Phi) is 10.7. The van der Waals surface area contributed by atoms with E-state index in [1.165, 1.54) is 0 Å². The van der Waals surface area contributed by atoms with Crippen molar-refractivity contribution in [3.8, 4) is 0 Å². The zero-order valence-electron chi connectivity index (χ0n) is 23.0. The van der Waals surface area contributed by atoms with Crippen molar-refractivity contribution in [1.82, 2.24) is 0 Å². The van der Waals surface area contributed by atoms with Crippen molar-refractivity contribution in [2.24, 2.45) is 0 Å². The Morgan fingerprint density at radius 2 is 0.905 bits per heavy atom. The molecule has 2 unspecified atom stereocenters. The molecule has 0 aromatic heterocycles. The third kappa shape index (κ3) is 7.42. The predicted octanol–water partition coefficient (Wildman–Crippen LogP) is 1.30. The van der Waals surface area contributed by atoms with Gasteiger partial charge in [-0.1, -0.05) is 91.0 Å². The smallest absolute Gasteiger partial charge is 0.187 e. The van der Waals surface area contributed by atoms with Crippen LogP contribution in [0, 0.1) is 0 Å². The van der Waals surface area contributed by atoms with Crippen LogP contribution in [0.15, 0.2) is 91.0 Å². The quantitative estimate of drug-likeness (QED) is 0.224. The van der Waals surface area contributed by atoms with Crippen molar-refractivity contribution in [1.29, 1.82) is 0 Å². The summed E-state index contributed by atoms with van der Waals surface area (Å²) in [5.41, 5.74) is 2.79. The average molecular weight is 583 g/mol. The van der Waals surface area contributed by atoms with Gasteiger partial charge in [-0.3, -0.25) is 0 Å². The summed E-state index contributed by atoms with van der Waals surface area (Å²) in [6.45, 7) is 0.750. The first-order valence-corrected chi connectivity index (χ1v) is 14.1. The first-order chi connectivity index (χ1) is 20.4. The lowest BCUT2D eigenvalue weighted by Crippen LogP contribution is -2.66. The number of hydrogen-bond acceptors (Lipinski definition) is 10. The molecule has 0 bridgehead atoms. The van der Waals surface area contributed by atoms with Crippen LogP contribution in [-0.4, -0.2) is 93.4 Å². The van der Waals surface area contributed by atoms with Crippen LogP contribution in [0.3, 0.4) is 0 Å². The van der Waals surface area contributed by atoms with Gasteiger partial charge in [0.25, 0.3) is 0 Å². The second-order valence-corrected chi connectivity index (χ2v) is 10.6. The maximum atomic E-state index is 10.6. The Bertz CT molecular complexity index is 1180. The van der Waals surface area contributed by atoms with Crippen molar-refractivity contribution < 1.29 is 49.2 Å². The summed E-state index contributed by atoms with van der Waals surface area (Å²) in [7, 11) is 0. The zero-order valence-corrected chi connectivity index (χ0v) is 23.0. The van der Waals surface area contributed by atoms with E-state index < -0.39 is 61.2 Å². The molecule has 3 aromatic carbocycles. The highest BCUT2D eigenvalue weighted by atomic mass is 16.7. The number of rotatable bonds is 11. The number of benzene rings is 3. The van der Waals surface area contributed by atoms with Crippen LogP contribution in [0.1, 0.15) is 16.7 Å². The van der Waals surface area contributed by atoms with E-state index in [1.807, 2.05) is 91.0 Å². The van der Waals surface area contributed by atoms with Crippen LogP contribution in [0.5, 0.6) is 0 Å². The van der Waals surface area contributed by atoms with Gasteiger partial charge in [-0.25, -0.2) is 0 Å². The molecule has 2 aliphatic rings. The largest absolute Gasteiger partial charge is 0.387 e. The van der Waals surface area contributed by atoms with Crippen LogP contribution in [0.4, 0.5) is 0 Å². The third-order valence-corrected chi connectivity index (χ3v) is 7.62. The highest BCUT2D eigenvalue weighted by Crippen LogP contribution is 2.31. The van der Waals surface area contributed by atoms with E-state index >= 15 is 0 Å². The summed E-state index contributed by atoms with van der Waals surface area (Å²) in [5, 5.41) is 51.8. The van der Waals surface area contributed by atoms with Crippen LogP contribution in [0.2, 0.25) is 0 Å². The fourth-order valence-electron chi connectivity index (χ4n) is 5.20. The Morgan fingerprint density at radius 3 is 1.38 bits per heavy atom. The fraction of sp³-hybridized carbons (Fsp3) is 0.438. The molecule has 5 N–H and O–H groups in total. The molecule has 2 fully saturated rings. The lowest BCUT2D eigenvalue weighted by Gasteiger charge is -2.46. The van der Waals surface area contributed by atoms with Gasteiger partial charge in [-0.2, -0.15) is 0 Å². The fourth-order valence-corrected chi connectivity index (χ4v) is 5.20. The summed E-state index contributed by atoms with van der Waals surface area (Å²) < 4.78 is 31.2. The van der Waals surface area contributed by atoms with Crippen LogP contribution >= 0.6 is 0 Å². The summed E-state index contributed by atoms with van der Waals surface area (Å²) in [5.74, 6) is 0. The van der Waals surface area contributed by atoms with Gasteiger partial charge in [0.2, 0.25) is 0 Å². The maximum absolute atomic E-state index is 10.6. The normalized spacial score (nSPS) is 33.4. The molecule has 0 radical (unpaired) electrons. The van der Waals surface area contributed by atoms with Gasteiger partial charge in [0.15, 0.2) is 6.29 Å². The number of ether oxygens (including phenoxy) is 5. The van der Waals surface area contributed by atoms with Crippen LogP contribution < -0.4 is 0 Å². The molecule has 3 aromatic rings. The summed E-state index contributed by atoms with van der Waals surface area (Å²) in [4.78, 5) is 0. The van der Waals surface area contributed by atoms with Gasteiger partial charge < -0.3 is 49.2 Å². The molecular formula is C32H38O10. The number of aliphatic hydroxyl groups is 5. The molecule has 1 saturated heterocycles. The molecule has 42 heavy (non-hydrogen) atoms. The maximum Gasteiger partial charge on any atom is 0.187 e. The van der Waals surface area contributed by atoms with E-state index in [2.05, 4.69) is 0 Å². The molecule has 0 spiro atoms. The summed E-state index contributed by atoms with van der Waals surface area (Å²) in [6, 6.07) is 28.8. The Labute approximate surface area is 244 Å². The lowest BCUT2D eigenvalue weighted by atomic mass is 9.85. The highest BCUT2D eigenvalue weighted by Gasteiger charge is 2.52. The van der Waals surface area contributed by atoms with Gasteiger partial charge in [0.1, 0.15) is 54.9 Å². The van der Waals surface area contributed by atoms with Gasteiger partial charge in [-0.15, -0.1) is 0 Å². The Hall–Kier alpha value is -2.74. The monoisotopic (exact) mass is 582 g/mol. The molecule has 1 aliphatic carbocycles. The number of aliphatic hydroxyl groups excluding tert-OH is 5. The van der Waals surface area contributed by atoms with Gasteiger partial charge in [0.05, 0.1) is 26.4 Å². The van der Waals surface area contributed by atoms with Crippen LogP contribution in [0.25, 0.3) is 0 Å². The second-order valence-electron chi connectivity index (χ2n) is 10.6. The molecule has 10 atom stereocenters. The molecule has 1 heterocycles. The Balaban J connectivity index is 1.40. The van der Waals surface area contributed by atoms with E-state index in [0.717, 1.165) is 16.7 Å². The van der Waals surface area contributed by atoms with Gasteiger partial charge >= 0.3 is 0 Å². The van der Waals surface area contributed by atoms with Crippen molar-refractivity contribution in [3.05, 3.63) is 108 Å². The van der Waals surface area contributed by atoms with Crippen molar-refractivity contribution in [3.63, 3.8) is 0 Å². The SMILES string of the molecule is OC1[C@@H](O)[C@H](O)C(O[C@H]2OC[C@H](OCc3ccccc3)[C@H](OCc3ccccc3)[C@H]2OCc2ccccc2)[C@H](O)[C@H]1O. The highest BCUT2D eigenvalue weighted by molar-refractivity contribution is 5.15. The van der Waals surface area contributed by atoms with Gasteiger partial charge in [0, 0.05) is 0 Å². The Morgan fingerprint density at radius 1 is 0.500 bits per heavy atom. The molecule has 226 valence electrons. The minimum absolute atomic E-state index is 0.0365. The summed E-state index contributed by atoms with van der Waals surface area (Å²) in [6.07, 6.45) is -13.5. The zero-order chi connectivity index (χ0) is 29.5. The van der Waals surface area contributed by atoms with Crippen molar-refractivity contribution in [2.45, 2.75) is 81.0 Å². The first-order valence-electron chi connectivity index (χ1n) is 14.1. The second kappa shape index (κ2) is 14.6. The molecule has 0 amide bonds. The minimum Gasteiger partial charge on any atom is -0.387 e. The number of hydrogen-bond donors (Lipinski definition) is 5. The average Bonchev–Trinajstić information content (AvgIpc) is 3.04. The molecule has 5 rings (SSSR count). The minimum atomic E-state index is -1.75. The molecular weight excluding hydrogens is 544 g/mol. The van der Waals surface area contributed by atoms with Crippen LogP contribution in [-0.2, 0) is 43.5 Å². The predicted molar refractivity (Wildman–Crippen MR) is 150 cm³/mol. The first kappa shape index (κ1) is 30.7. The molecule has 10 nitrogen and oxygen atoms in total.